The van der Waals surface area contributed by atoms with Gasteiger partial charge in [-0.3, -0.25) is 0 Å². The predicted molar refractivity (Wildman–Crippen MR) is 71.0 cm³/mol. The molecule has 1 aromatic rings. The van der Waals surface area contributed by atoms with Gasteiger partial charge in [0, 0.05) is 6.42 Å². The molecule has 1 aromatic carbocycles. The highest BCUT2D eigenvalue weighted by molar-refractivity contribution is 6.32. The lowest BCUT2D eigenvalue weighted by Gasteiger charge is -2.15. The van der Waals surface area contributed by atoms with Crippen LogP contribution in [0.15, 0.2) is 18.2 Å². The number of hydrogen-bond donors (Lipinski definition) is 0. The molecule has 1 atom stereocenters. The number of benzene rings is 1. The van der Waals surface area contributed by atoms with Crippen LogP contribution < -0.4 is 4.74 Å². The van der Waals surface area contributed by atoms with Gasteiger partial charge in [-0.25, -0.2) is 0 Å². The molecule has 0 radical (unpaired) electrons. The smallest absolute Gasteiger partial charge is 0.137 e. The summed E-state index contributed by atoms with van der Waals surface area (Å²) in [5, 5.41) is 0.631. The monoisotopic (exact) mass is 254 g/mol. The number of ketones is 1. The normalized spacial score (nSPS) is 12.2. The molecule has 0 N–H and O–H groups in total. The van der Waals surface area contributed by atoms with Crippen molar-refractivity contribution in [3.05, 3.63) is 28.8 Å². The summed E-state index contributed by atoms with van der Waals surface area (Å²) in [6, 6.07) is 5.85. The third kappa shape index (κ3) is 4.04. The minimum absolute atomic E-state index is 0.239. The maximum Gasteiger partial charge on any atom is 0.137 e. The Hall–Kier alpha value is -1.02. The summed E-state index contributed by atoms with van der Waals surface area (Å²) in [5.41, 5.74) is 1.18. The Balaban J connectivity index is 2.81. The lowest BCUT2D eigenvalue weighted by Crippen LogP contribution is -2.01. The van der Waals surface area contributed by atoms with E-state index in [1.165, 1.54) is 5.56 Å². The van der Waals surface area contributed by atoms with Crippen molar-refractivity contribution < 1.29 is 9.53 Å². The fourth-order valence-corrected chi connectivity index (χ4v) is 2.19. The van der Waals surface area contributed by atoms with Crippen LogP contribution in [0.4, 0.5) is 0 Å². The van der Waals surface area contributed by atoms with Crippen molar-refractivity contribution in [2.75, 3.05) is 7.11 Å². The molecule has 94 valence electrons. The van der Waals surface area contributed by atoms with Gasteiger partial charge in [-0.05, 0) is 43.4 Å². The molecule has 0 amide bonds. The van der Waals surface area contributed by atoms with E-state index in [1.54, 1.807) is 14.0 Å². The molecule has 0 saturated heterocycles. The van der Waals surface area contributed by atoms with Crippen molar-refractivity contribution in [2.24, 2.45) is 0 Å². The summed E-state index contributed by atoms with van der Waals surface area (Å²) < 4.78 is 5.13. The number of ether oxygens (including phenoxy) is 1. The van der Waals surface area contributed by atoms with Crippen LogP contribution in [0.5, 0.6) is 5.75 Å². The molecular weight excluding hydrogens is 236 g/mol. The van der Waals surface area contributed by atoms with Gasteiger partial charge < -0.3 is 9.53 Å². The molecule has 17 heavy (non-hydrogen) atoms. The summed E-state index contributed by atoms with van der Waals surface area (Å²) in [6.07, 6.45) is 2.52. The average Bonchev–Trinajstić information content (AvgIpc) is 2.29. The molecular formula is C14H19ClO2. The zero-order chi connectivity index (χ0) is 12.8. The van der Waals surface area contributed by atoms with Gasteiger partial charge >= 0.3 is 0 Å². The lowest BCUT2D eigenvalue weighted by molar-refractivity contribution is -0.117. The molecule has 0 aliphatic rings. The summed E-state index contributed by atoms with van der Waals surface area (Å²) in [4.78, 5) is 11.0. The zero-order valence-electron chi connectivity index (χ0n) is 10.6. The number of hydrogen-bond acceptors (Lipinski definition) is 2. The van der Waals surface area contributed by atoms with Crippen LogP contribution in [-0.2, 0) is 4.79 Å². The van der Waals surface area contributed by atoms with E-state index >= 15 is 0 Å². The second-order valence-corrected chi connectivity index (χ2v) is 4.65. The van der Waals surface area contributed by atoms with E-state index in [4.69, 9.17) is 16.3 Å². The van der Waals surface area contributed by atoms with Gasteiger partial charge in [0.2, 0.25) is 0 Å². The molecule has 0 aliphatic carbocycles. The van der Waals surface area contributed by atoms with E-state index in [9.17, 15) is 4.79 Å². The third-order valence-electron chi connectivity index (χ3n) is 2.98. The highest BCUT2D eigenvalue weighted by Crippen LogP contribution is 2.31. The first-order valence-electron chi connectivity index (χ1n) is 5.91. The molecule has 1 rings (SSSR count). The highest BCUT2D eigenvalue weighted by atomic mass is 35.5. The number of rotatable bonds is 6. The van der Waals surface area contributed by atoms with Crippen molar-refractivity contribution >= 4 is 17.4 Å². The largest absolute Gasteiger partial charge is 0.495 e. The third-order valence-corrected chi connectivity index (χ3v) is 3.28. The van der Waals surface area contributed by atoms with Crippen LogP contribution >= 0.6 is 11.6 Å². The van der Waals surface area contributed by atoms with Crippen molar-refractivity contribution in [1.29, 1.82) is 0 Å². The maximum absolute atomic E-state index is 11.0. The summed E-state index contributed by atoms with van der Waals surface area (Å²) in [6.45, 7) is 3.76. The standard InChI is InChI=1S/C14H19ClO2/c1-4-11(6-5-10(2)16)12-7-8-14(17-3)13(15)9-12/h7-9,11H,4-6H2,1-3H3. The SMILES string of the molecule is CCC(CCC(C)=O)c1ccc(OC)c(Cl)c1. The molecule has 0 fully saturated rings. The molecule has 2 nitrogen and oxygen atoms in total. The van der Waals surface area contributed by atoms with Gasteiger partial charge in [0.25, 0.3) is 0 Å². The second kappa shape index (κ2) is 6.65. The molecule has 0 aliphatic heterocycles. The summed E-state index contributed by atoms with van der Waals surface area (Å²) >= 11 is 6.10. The molecule has 0 spiro atoms. The maximum atomic E-state index is 11.0. The Kier molecular flexibility index (Phi) is 5.49. The Bertz CT molecular complexity index is 388. The van der Waals surface area contributed by atoms with Crippen molar-refractivity contribution in [2.45, 2.75) is 39.0 Å². The quantitative estimate of drug-likeness (QED) is 0.760. The zero-order valence-corrected chi connectivity index (χ0v) is 11.4. The van der Waals surface area contributed by atoms with Gasteiger partial charge in [0.15, 0.2) is 0 Å². The Labute approximate surface area is 108 Å². The average molecular weight is 255 g/mol. The van der Waals surface area contributed by atoms with E-state index in [-0.39, 0.29) is 5.78 Å². The van der Waals surface area contributed by atoms with Crippen LogP contribution in [-0.4, -0.2) is 12.9 Å². The van der Waals surface area contributed by atoms with Crippen molar-refractivity contribution in [3.63, 3.8) is 0 Å². The number of methoxy groups -OCH3 is 1. The van der Waals surface area contributed by atoms with Crippen molar-refractivity contribution in [1.82, 2.24) is 0 Å². The van der Waals surface area contributed by atoms with Crippen LogP contribution in [0.1, 0.15) is 44.6 Å². The van der Waals surface area contributed by atoms with Gasteiger partial charge in [0.05, 0.1) is 12.1 Å². The highest BCUT2D eigenvalue weighted by Gasteiger charge is 2.12. The molecule has 0 saturated carbocycles. The van der Waals surface area contributed by atoms with E-state index in [2.05, 4.69) is 6.92 Å². The van der Waals surface area contributed by atoms with Crippen LogP contribution in [0, 0.1) is 0 Å². The van der Waals surface area contributed by atoms with Crippen molar-refractivity contribution in [3.8, 4) is 5.75 Å². The van der Waals surface area contributed by atoms with Gasteiger partial charge in [-0.1, -0.05) is 24.6 Å². The first-order valence-corrected chi connectivity index (χ1v) is 6.29. The number of carbonyl (C=O) groups excluding carboxylic acids is 1. The molecule has 0 heterocycles. The van der Waals surface area contributed by atoms with Crippen LogP contribution in [0.3, 0.4) is 0 Å². The molecule has 1 unspecified atom stereocenters. The van der Waals surface area contributed by atoms with Crippen LogP contribution in [0.25, 0.3) is 0 Å². The van der Waals surface area contributed by atoms with Gasteiger partial charge in [-0.15, -0.1) is 0 Å². The fourth-order valence-electron chi connectivity index (χ4n) is 1.92. The lowest BCUT2D eigenvalue weighted by atomic mass is 9.91. The Morgan fingerprint density at radius 2 is 2.18 bits per heavy atom. The summed E-state index contributed by atoms with van der Waals surface area (Å²) in [7, 11) is 1.61. The minimum Gasteiger partial charge on any atom is -0.495 e. The Morgan fingerprint density at radius 1 is 1.47 bits per heavy atom. The first kappa shape index (κ1) is 14.0. The number of carbonyl (C=O) groups is 1. The Morgan fingerprint density at radius 3 is 2.65 bits per heavy atom. The number of Topliss-reactive ketones (excluding diaryl/α,β-unsaturated/α-hetero) is 1. The predicted octanol–water partition coefficient (Wildman–Crippen LogP) is 4.21. The molecule has 0 aromatic heterocycles. The molecule has 0 bridgehead atoms. The van der Waals surface area contributed by atoms with E-state index in [1.807, 2.05) is 18.2 Å². The fraction of sp³-hybridized carbons (Fsp3) is 0.500. The summed E-state index contributed by atoms with van der Waals surface area (Å²) in [5.74, 6) is 1.32. The van der Waals surface area contributed by atoms with Gasteiger partial charge in [-0.2, -0.15) is 0 Å². The van der Waals surface area contributed by atoms with E-state index < -0.39 is 0 Å². The second-order valence-electron chi connectivity index (χ2n) is 4.24. The number of halogens is 1. The molecule has 3 heteroatoms. The van der Waals surface area contributed by atoms with Crippen LogP contribution in [0.2, 0.25) is 5.02 Å². The minimum atomic E-state index is 0.239. The first-order chi connectivity index (χ1) is 8.08. The van der Waals surface area contributed by atoms with E-state index in [0.717, 1.165) is 12.8 Å². The topological polar surface area (TPSA) is 26.3 Å². The van der Waals surface area contributed by atoms with E-state index in [0.29, 0.717) is 23.1 Å². The van der Waals surface area contributed by atoms with Gasteiger partial charge in [0.1, 0.15) is 11.5 Å².